The summed E-state index contributed by atoms with van der Waals surface area (Å²) in [5.74, 6) is 1.21. The predicted molar refractivity (Wildman–Crippen MR) is 98.2 cm³/mol. The van der Waals surface area contributed by atoms with E-state index in [0.29, 0.717) is 11.4 Å². The van der Waals surface area contributed by atoms with Crippen LogP contribution in [-0.2, 0) is 24.1 Å². The van der Waals surface area contributed by atoms with Crippen LogP contribution in [0.15, 0.2) is 30.3 Å². The molecule has 0 radical (unpaired) electrons. The van der Waals surface area contributed by atoms with Crippen molar-refractivity contribution in [1.82, 2.24) is 9.88 Å². The van der Waals surface area contributed by atoms with Crippen LogP contribution < -0.4 is 4.74 Å². The van der Waals surface area contributed by atoms with Crippen LogP contribution in [0.25, 0.3) is 0 Å². The Morgan fingerprint density at radius 2 is 1.96 bits per heavy atom. The van der Waals surface area contributed by atoms with Gasteiger partial charge in [0.1, 0.15) is 17.4 Å². The molecule has 4 rings (SSSR count). The molecular weight excluding hydrogens is 326 g/mol. The zero-order chi connectivity index (χ0) is 17.8. The minimum atomic E-state index is 0.433. The molecular formula is C21H23N3O2. The number of pyridine rings is 1. The second-order valence-electron chi connectivity index (χ2n) is 6.86. The molecule has 2 aliphatic rings. The topological polar surface area (TPSA) is 58.4 Å². The normalized spacial score (nSPS) is 17.3. The number of morpholine rings is 1. The molecule has 0 unspecified atom stereocenters. The summed E-state index contributed by atoms with van der Waals surface area (Å²) in [6.07, 6.45) is 4.29. The number of aryl methyl sites for hydroxylation is 2. The number of nitrogens with zero attached hydrogens (tertiary/aromatic N) is 3. The first-order valence-corrected chi connectivity index (χ1v) is 9.32. The van der Waals surface area contributed by atoms with Crippen LogP contribution in [0.4, 0.5) is 0 Å². The fourth-order valence-electron chi connectivity index (χ4n) is 3.61. The molecule has 26 heavy (non-hydrogen) atoms. The molecule has 5 heteroatoms. The first-order chi connectivity index (χ1) is 12.8. The van der Waals surface area contributed by atoms with E-state index in [1.165, 1.54) is 12.0 Å². The van der Waals surface area contributed by atoms with E-state index in [4.69, 9.17) is 9.47 Å². The molecule has 1 fully saturated rings. The van der Waals surface area contributed by atoms with Crippen LogP contribution in [0.5, 0.6) is 11.6 Å². The number of nitriles is 1. The van der Waals surface area contributed by atoms with Crippen molar-refractivity contribution in [3.63, 3.8) is 0 Å². The van der Waals surface area contributed by atoms with Crippen LogP contribution in [-0.4, -0.2) is 36.2 Å². The molecule has 1 aromatic carbocycles. The molecule has 1 aliphatic heterocycles. The fraction of sp³-hybridized carbons (Fsp3) is 0.429. The number of ether oxygens (including phenoxy) is 2. The van der Waals surface area contributed by atoms with Crippen LogP contribution in [0.2, 0.25) is 0 Å². The zero-order valence-corrected chi connectivity index (χ0v) is 14.9. The summed E-state index contributed by atoms with van der Waals surface area (Å²) in [6, 6.07) is 12.2. The summed E-state index contributed by atoms with van der Waals surface area (Å²) in [6.45, 7) is 4.21. The van der Waals surface area contributed by atoms with Crippen LogP contribution >= 0.6 is 0 Å². The summed E-state index contributed by atoms with van der Waals surface area (Å²) in [4.78, 5) is 7.05. The van der Waals surface area contributed by atoms with Gasteiger partial charge in [0.25, 0.3) is 0 Å². The molecule has 5 nitrogen and oxygen atoms in total. The fourth-order valence-corrected chi connectivity index (χ4v) is 3.61. The van der Waals surface area contributed by atoms with Gasteiger partial charge >= 0.3 is 0 Å². The van der Waals surface area contributed by atoms with Crippen molar-refractivity contribution in [3.05, 3.63) is 52.7 Å². The van der Waals surface area contributed by atoms with Gasteiger partial charge in [-0.15, -0.1) is 0 Å². The lowest BCUT2D eigenvalue weighted by Crippen LogP contribution is -2.35. The molecule has 2 heterocycles. The van der Waals surface area contributed by atoms with Gasteiger partial charge in [-0.25, -0.2) is 4.98 Å². The second kappa shape index (κ2) is 7.86. The third kappa shape index (κ3) is 3.72. The highest BCUT2D eigenvalue weighted by molar-refractivity contribution is 5.46. The van der Waals surface area contributed by atoms with E-state index in [2.05, 4.69) is 22.0 Å². The van der Waals surface area contributed by atoms with Gasteiger partial charge in [-0.2, -0.15) is 5.26 Å². The quantitative estimate of drug-likeness (QED) is 0.846. The van der Waals surface area contributed by atoms with E-state index in [9.17, 15) is 5.26 Å². The Morgan fingerprint density at radius 1 is 1.15 bits per heavy atom. The standard InChI is InChI=1S/C21H23N3O2/c22-14-18-13-16-5-1-3-7-19(16)23-21(18)26-20-8-4-2-6-17(20)15-24-9-11-25-12-10-24/h2,4,6,8,13H,1,3,5,7,9-12,15H2. The Bertz CT molecular complexity index is 822. The molecule has 2 aromatic rings. The minimum absolute atomic E-state index is 0.433. The number of benzene rings is 1. The third-order valence-corrected chi connectivity index (χ3v) is 5.06. The average Bonchev–Trinajstić information content (AvgIpc) is 2.70. The lowest BCUT2D eigenvalue weighted by molar-refractivity contribution is 0.0339. The Hall–Kier alpha value is -2.42. The molecule has 0 N–H and O–H groups in total. The third-order valence-electron chi connectivity index (χ3n) is 5.06. The van der Waals surface area contributed by atoms with Gasteiger partial charge in [0.15, 0.2) is 0 Å². The summed E-state index contributed by atoms with van der Waals surface area (Å²) >= 11 is 0. The van der Waals surface area contributed by atoms with E-state index in [1.54, 1.807) is 0 Å². The molecule has 1 aliphatic carbocycles. The SMILES string of the molecule is N#Cc1cc2c(nc1Oc1ccccc1CN1CCOCC1)CCCC2. The largest absolute Gasteiger partial charge is 0.437 e. The van der Waals surface area contributed by atoms with Crippen LogP contribution in [0, 0.1) is 11.3 Å². The average molecular weight is 349 g/mol. The Kier molecular flexibility index (Phi) is 5.14. The summed E-state index contributed by atoms with van der Waals surface area (Å²) < 4.78 is 11.6. The van der Waals surface area contributed by atoms with Gasteiger partial charge in [0.05, 0.1) is 13.2 Å². The van der Waals surface area contributed by atoms with E-state index < -0.39 is 0 Å². The van der Waals surface area contributed by atoms with Crippen molar-refractivity contribution in [2.75, 3.05) is 26.3 Å². The number of rotatable bonds is 4. The number of hydrogen-bond acceptors (Lipinski definition) is 5. The van der Waals surface area contributed by atoms with Crippen molar-refractivity contribution in [3.8, 4) is 17.7 Å². The molecule has 1 saturated heterocycles. The Morgan fingerprint density at radius 3 is 2.81 bits per heavy atom. The summed E-state index contributed by atoms with van der Waals surface area (Å²) in [5, 5.41) is 9.54. The summed E-state index contributed by atoms with van der Waals surface area (Å²) in [7, 11) is 0. The van der Waals surface area contributed by atoms with E-state index in [0.717, 1.165) is 69.1 Å². The number of fused-ring (bicyclic) bond motifs is 1. The Balaban J connectivity index is 1.60. The summed E-state index contributed by atoms with van der Waals surface area (Å²) in [5.41, 5.74) is 3.90. The number of hydrogen-bond donors (Lipinski definition) is 0. The molecule has 0 saturated carbocycles. The second-order valence-corrected chi connectivity index (χ2v) is 6.86. The maximum Gasteiger partial charge on any atom is 0.237 e. The number of para-hydroxylation sites is 1. The van der Waals surface area contributed by atoms with Gasteiger partial charge in [-0.05, 0) is 43.4 Å². The molecule has 0 amide bonds. The minimum Gasteiger partial charge on any atom is -0.437 e. The lowest BCUT2D eigenvalue weighted by atomic mass is 9.95. The monoisotopic (exact) mass is 349 g/mol. The highest BCUT2D eigenvalue weighted by Crippen LogP contribution is 2.31. The molecule has 134 valence electrons. The van der Waals surface area contributed by atoms with Crippen molar-refractivity contribution in [1.29, 1.82) is 5.26 Å². The van der Waals surface area contributed by atoms with Crippen LogP contribution in [0.3, 0.4) is 0 Å². The maximum absolute atomic E-state index is 9.54. The van der Waals surface area contributed by atoms with Gasteiger partial charge in [0.2, 0.25) is 5.88 Å². The molecule has 0 atom stereocenters. The van der Waals surface area contributed by atoms with E-state index >= 15 is 0 Å². The van der Waals surface area contributed by atoms with Crippen molar-refractivity contribution in [2.45, 2.75) is 32.2 Å². The maximum atomic E-state index is 9.54. The van der Waals surface area contributed by atoms with Crippen molar-refractivity contribution in [2.24, 2.45) is 0 Å². The number of aromatic nitrogens is 1. The zero-order valence-electron chi connectivity index (χ0n) is 14.9. The van der Waals surface area contributed by atoms with Crippen molar-refractivity contribution >= 4 is 0 Å². The molecule has 0 bridgehead atoms. The Labute approximate surface area is 154 Å². The van der Waals surface area contributed by atoms with Gasteiger partial charge in [-0.3, -0.25) is 4.90 Å². The van der Waals surface area contributed by atoms with Gasteiger partial charge < -0.3 is 9.47 Å². The van der Waals surface area contributed by atoms with E-state index in [-0.39, 0.29) is 0 Å². The highest BCUT2D eigenvalue weighted by Gasteiger charge is 2.18. The van der Waals surface area contributed by atoms with Crippen LogP contribution in [0.1, 0.15) is 35.2 Å². The highest BCUT2D eigenvalue weighted by atomic mass is 16.5. The smallest absolute Gasteiger partial charge is 0.237 e. The molecule has 1 aromatic heterocycles. The van der Waals surface area contributed by atoms with Gasteiger partial charge in [-0.1, -0.05) is 18.2 Å². The first-order valence-electron chi connectivity index (χ1n) is 9.32. The first kappa shape index (κ1) is 17.0. The molecule has 0 spiro atoms. The predicted octanol–water partition coefficient (Wildman–Crippen LogP) is 3.46. The van der Waals surface area contributed by atoms with Gasteiger partial charge in [0, 0.05) is 30.9 Å². The van der Waals surface area contributed by atoms with Crippen molar-refractivity contribution < 1.29 is 9.47 Å². The lowest BCUT2D eigenvalue weighted by Gasteiger charge is -2.27. The van der Waals surface area contributed by atoms with E-state index in [1.807, 2.05) is 24.3 Å².